The molecule has 2 saturated heterocycles. The zero-order valence-corrected chi connectivity index (χ0v) is 37.3. The highest BCUT2D eigenvalue weighted by Crippen LogP contribution is 2.30. The van der Waals surface area contributed by atoms with E-state index in [1.54, 1.807) is 0 Å². The molecule has 0 saturated carbocycles. The van der Waals surface area contributed by atoms with Crippen molar-refractivity contribution in [2.24, 2.45) is 0 Å². The lowest BCUT2D eigenvalue weighted by Crippen LogP contribution is -2.65. The fourth-order valence-electron chi connectivity index (χ4n) is 7.14. The van der Waals surface area contributed by atoms with Gasteiger partial charge in [0, 0.05) is 6.42 Å². The number of carbonyl (C=O) groups is 1. The Balaban J connectivity index is 1.88. The summed E-state index contributed by atoms with van der Waals surface area (Å²) >= 11 is 0. The molecule has 62 heavy (non-hydrogen) atoms. The summed E-state index contributed by atoms with van der Waals surface area (Å²) in [5.74, 6) is -0.296. The van der Waals surface area contributed by atoms with Crippen LogP contribution in [0.1, 0.15) is 129 Å². The number of amides is 1. The lowest BCUT2D eigenvalue weighted by Gasteiger charge is -2.46. The second-order valence-corrected chi connectivity index (χ2v) is 16.2. The summed E-state index contributed by atoms with van der Waals surface area (Å²) < 4.78 is 22.6. The Bertz CT molecular complexity index is 1320. The Hall–Kier alpha value is -2.57. The lowest BCUT2D eigenvalue weighted by atomic mass is 9.97. The van der Waals surface area contributed by atoms with Gasteiger partial charge in [-0.05, 0) is 51.4 Å². The van der Waals surface area contributed by atoms with Crippen LogP contribution in [0.15, 0.2) is 72.9 Å². The monoisotopic (exact) mass is 880 g/mol. The highest BCUT2D eigenvalue weighted by atomic mass is 16.7. The van der Waals surface area contributed by atoms with Gasteiger partial charge in [-0.15, -0.1) is 0 Å². The number of unbranched alkanes of at least 4 members (excludes halogenated alkanes) is 8. The van der Waals surface area contributed by atoms with Crippen LogP contribution < -0.4 is 5.32 Å². The van der Waals surface area contributed by atoms with Gasteiger partial charge < -0.3 is 65.1 Å². The van der Waals surface area contributed by atoms with E-state index in [4.69, 9.17) is 18.9 Å². The van der Waals surface area contributed by atoms with Crippen LogP contribution in [0.5, 0.6) is 0 Å². The van der Waals surface area contributed by atoms with E-state index >= 15 is 0 Å². The maximum atomic E-state index is 13.1. The van der Waals surface area contributed by atoms with Gasteiger partial charge >= 0.3 is 0 Å². The smallest absolute Gasteiger partial charge is 0.220 e. The van der Waals surface area contributed by atoms with Crippen LogP contribution >= 0.6 is 0 Å². The molecule has 0 radical (unpaired) electrons. The topological polar surface area (TPSA) is 228 Å². The Morgan fingerprint density at radius 1 is 0.597 bits per heavy atom. The molecule has 2 rings (SSSR count). The van der Waals surface area contributed by atoms with Gasteiger partial charge in [0.25, 0.3) is 0 Å². The van der Waals surface area contributed by atoms with E-state index < -0.39 is 86.8 Å². The van der Waals surface area contributed by atoms with E-state index in [1.165, 1.54) is 32.1 Å². The SMILES string of the molecule is CC/C=C\C/C=C\C/C=C\C/C=C\C/C=C\C/C=C\CCC(=O)NC(COC1OC(CO)C(OC2OC(CO)C(O)C(O)C2O)C(O)C1O)C(O)CCCCCCCCCCC. The maximum absolute atomic E-state index is 13.1. The quantitative estimate of drug-likeness (QED) is 0.0317. The first-order valence-electron chi connectivity index (χ1n) is 23.2. The Morgan fingerprint density at radius 2 is 1.08 bits per heavy atom. The average molecular weight is 880 g/mol. The molecule has 12 atom stereocenters. The predicted octanol–water partition coefficient (Wildman–Crippen LogP) is 4.87. The molecular weight excluding hydrogens is 799 g/mol. The first kappa shape index (κ1) is 55.6. The van der Waals surface area contributed by atoms with Crippen LogP contribution in [-0.2, 0) is 23.7 Å². The van der Waals surface area contributed by atoms with Crippen LogP contribution in [0, 0.1) is 0 Å². The minimum absolute atomic E-state index is 0.175. The van der Waals surface area contributed by atoms with Crippen molar-refractivity contribution in [3.8, 4) is 0 Å². The van der Waals surface area contributed by atoms with E-state index in [0.717, 1.165) is 64.2 Å². The third-order valence-corrected chi connectivity index (χ3v) is 10.9. The minimum atomic E-state index is -1.79. The van der Waals surface area contributed by atoms with Crippen molar-refractivity contribution in [1.82, 2.24) is 5.32 Å². The van der Waals surface area contributed by atoms with Crippen LogP contribution in [-0.4, -0.2) is 140 Å². The number of hydrogen-bond donors (Lipinski definition) is 9. The zero-order valence-electron chi connectivity index (χ0n) is 37.3. The van der Waals surface area contributed by atoms with Crippen molar-refractivity contribution in [2.45, 2.75) is 203 Å². The highest BCUT2D eigenvalue weighted by molar-refractivity contribution is 5.76. The number of aliphatic hydroxyl groups excluding tert-OH is 8. The van der Waals surface area contributed by atoms with Crippen molar-refractivity contribution in [3.05, 3.63) is 72.9 Å². The van der Waals surface area contributed by atoms with E-state index in [1.807, 2.05) is 12.2 Å². The number of carbonyl (C=O) groups excluding carboxylic acids is 1. The number of ether oxygens (including phenoxy) is 4. The van der Waals surface area contributed by atoms with Crippen LogP contribution in [0.4, 0.5) is 0 Å². The third-order valence-electron chi connectivity index (χ3n) is 10.9. The van der Waals surface area contributed by atoms with Gasteiger partial charge in [0.1, 0.15) is 48.8 Å². The van der Waals surface area contributed by atoms with Crippen LogP contribution in [0.25, 0.3) is 0 Å². The molecule has 2 fully saturated rings. The Kier molecular flexibility index (Phi) is 31.2. The van der Waals surface area contributed by atoms with E-state index in [9.17, 15) is 45.6 Å². The zero-order chi connectivity index (χ0) is 45.4. The van der Waals surface area contributed by atoms with Crippen molar-refractivity contribution >= 4 is 5.91 Å². The molecule has 2 aliphatic heterocycles. The molecule has 12 unspecified atom stereocenters. The second-order valence-electron chi connectivity index (χ2n) is 16.2. The Morgan fingerprint density at radius 3 is 1.61 bits per heavy atom. The number of allylic oxidation sites excluding steroid dienone is 12. The molecule has 0 spiro atoms. The average Bonchev–Trinajstić information content (AvgIpc) is 3.27. The molecule has 356 valence electrons. The van der Waals surface area contributed by atoms with Crippen molar-refractivity contribution in [2.75, 3.05) is 19.8 Å². The van der Waals surface area contributed by atoms with Gasteiger partial charge in [-0.25, -0.2) is 0 Å². The third kappa shape index (κ3) is 22.4. The molecule has 0 aromatic carbocycles. The van der Waals surface area contributed by atoms with Crippen molar-refractivity contribution < 1.29 is 64.6 Å². The first-order valence-corrected chi connectivity index (χ1v) is 23.2. The number of rotatable bonds is 33. The Labute approximate surface area is 370 Å². The molecule has 2 heterocycles. The molecule has 9 N–H and O–H groups in total. The molecule has 0 aliphatic carbocycles. The molecule has 1 amide bonds. The van der Waals surface area contributed by atoms with Gasteiger partial charge in [0.2, 0.25) is 5.91 Å². The van der Waals surface area contributed by atoms with E-state index in [2.05, 4.69) is 79.9 Å². The van der Waals surface area contributed by atoms with Gasteiger partial charge in [-0.2, -0.15) is 0 Å². The molecule has 0 aromatic heterocycles. The summed E-state index contributed by atoms with van der Waals surface area (Å²) in [6.45, 7) is 2.62. The number of nitrogens with one attached hydrogen (secondary N) is 1. The maximum Gasteiger partial charge on any atom is 0.220 e. The summed E-state index contributed by atoms with van der Waals surface area (Å²) in [6, 6.07) is -0.870. The molecule has 0 aromatic rings. The normalized spacial score (nSPS) is 28.4. The predicted molar refractivity (Wildman–Crippen MR) is 240 cm³/mol. The van der Waals surface area contributed by atoms with Gasteiger partial charge in [0.15, 0.2) is 12.6 Å². The first-order chi connectivity index (χ1) is 30.1. The van der Waals surface area contributed by atoms with Gasteiger partial charge in [0.05, 0.1) is 32.0 Å². The van der Waals surface area contributed by atoms with E-state index in [0.29, 0.717) is 12.8 Å². The number of aliphatic hydroxyl groups is 8. The molecule has 14 heteroatoms. The van der Waals surface area contributed by atoms with Crippen molar-refractivity contribution in [3.63, 3.8) is 0 Å². The minimum Gasteiger partial charge on any atom is -0.394 e. The summed E-state index contributed by atoms with van der Waals surface area (Å²) in [5.41, 5.74) is 0. The fourth-order valence-corrected chi connectivity index (χ4v) is 7.14. The summed E-state index contributed by atoms with van der Waals surface area (Å²) in [6.07, 6.45) is 25.1. The van der Waals surface area contributed by atoms with Gasteiger partial charge in [-0.3, -0.25) is 4.79 Å². The molecular formula is C48H81NO13. The lowest BCUT2D eigenvalue weighted by molar-refractivity contribution is -0.359. The fraction of sp³-hybridized carbons (Fsp3) is 0.729. The second kappa shape index (κ2) is 34.8. The highest BCUT2D eigenvalue weighted by Gasteiger charge is 2.51. The standard InChI is InChI=1S/C48H81NO13/c1-3-5-7-9-11-13-14-15-16-17-18-19-20-21-22-24-26-28-30-32-40(53)49-36(37(52)31-29-27-25-23-12-10-8-6-4-2)35-59-47-45(58)43(56)46(39(34-51)61-47)62-48-44(57)42(55)41(54)38(33-50)60-48/h5,7,11,13,15-16,18-19,21-22,26,28,36-39,41-48,50-52,54-58H,3-4,6,8-10,12,14,17,20,23-25,27,29-35H2,1-2H3,(H,49,53)/b7-5-,13-11-,16-15-,19-18-,22-21-,28-26-. The molecule has 2 aliphatic rings. The largest absolute Gasteiger partial charge is 0.394 e. The summed E-state index contributed by atoms with van der Waals surface area (Å²) in [7, 11) is 0. The van der Waals surface area contributed by atoms with E-state index in [-0.39, 0.29) is 18.9 Å². The van der Waals surface area contributed by atoms with Crippen LogP contribution in [0.2, 0.25) is 0 Å². The van der Waals surface area contributed by atoms with Gasteiger partial charge in [-0.1, -0.05) is 145 Å². The summed E-state index contributed by atoms with van der Waals surface area (Å²) in [4.78, 5) is 13.1. The molecule has 0 bridgehead atoms. The number of hydrogen-bond acceptors (Lipinski definition) is 13. The van der Waals surface area contributed by atoms with Crippen molar-refractivity contribution in [1.29, 1.82) is 0 Å². The van der Waals surface area contributed by atoms with Crippen LogP contribution in [0.3, 0.4) is 0 Å². The molecule has 14 nitrogen and oxygen atoms in total. The summed E-state index contributed by atoms with van der Waals surface area (Å²) in [5, 5.41) is 86.5.